The molecule has 4 nitrogen and oxygen atoms in total. The van der Waals surface area contributed by atoms with Gasteiger partial charge in [-0.2, -0.15) is 0 Å². The fourth-order valence-electron chi connectivity index (χ4n) is 1.38. The summed E-state index contributed by atoms with van der Waals surface area (Å²) >= 11 is 0. The van der Waals surface area contributed by atoms with Crippen LogP contribution in [0.2, 0.25) is 0 Å². The first kappa shape index (κ1) is 13.1. The Bertz CT molecular complexity index is 438. The first-order valence-electron chi connectivity index (χ1n) is 5.41. The molecule has 92 valence electrons. The summed E-state index contributed by atoms with van der Waals surface area (Å²) < 4.78 is 0. The van der Waals surface area contributed by atoms with Crippen LogP contribution in [0.25, 0.3) is 0 Å². The van der Waals surface area contributed by atoms with Crippen LogP contribution in [0.3, 0.4) is 0 Å². The van der Waals surface area contributed by atoms with Crippen molar-refractivity contribution in [1.29, 1.82) is 0 Å². The molecule has 0 saturated heterocycles. The van der Waals surface area contributed by atoms with Gasteiger partial charge in [-0.3, -0.25) is 4.79 Å². The van der Waals surface area contributed by atoms with E-state index in [1.165, 1.54) is 4.90 Å². The molecular formula is C13H19N3O. The van der Waals surface area contributed by atoms with Gasteiger partial charge in [-0.15, -0.1) is 0 Å². The van der Waals surface area contributed by atoms with Crippen LogP contribution in [0.1, 0.15) is 17.3 Å². The van der Waals surface area contributed by atoms with Crippen molar-refractivity contribution in [3.05, 3.63) is 35.9 Å². The fourth-order valence-corrected chi connectivity index (χ4v) is 1.38. The maximum absolute atomic E-state index is 11.9. The molecule has 0 atom stereocenters. The van der Waals surface area contributed by atoms with Crippen LogP contribution in [0.5, 0.6) is 0 Å². The molecule has 17 heavy (non-hydrogen) atoms. The summed E-state index contributed by atoms with van der Waals surface area (Å²) in [5.41, 5.74) is 8.71. The van der Waals surface area contributed by atoms with Crippen molar-refractivity contribution in [3.63, 3.8) is 0 Å². The van der Waals surface area contributed by atoms with Crippen LogP contribution in [0.4, 0.5) is 11.4 Å². The smallest absolute Gasteiger partial charge is 0.255 e. The Balaban J connectivity index is 3.03. The second-order valence-corrected chi connectivity index (χ2v) is 4.32. The molecule has 4 heteroatoms. The molecule has 0 radical (unpaired) electrons. The Morgan fingerprint density at radius 1 is 1.47 bits per heavy atom. The number of anilines is 2. The largest absolute Gasteiger partial charge is 0.399 e. The van der Waals surface area contributed by atoms with Gasteiger partial charge in [-0.25, -0.2) is 0 Å². The van der Waals surface area contributed by atoms with Gasteiger partial charge in [0, 0.05) is 32.0 Å². The third-order valence-corrected chi connectivity index (χ3v) is 2.26. The molecule has 0 aliphatic heterocycles. The molecule has 0 fully saturated rings. The van der Waals surface area contributed by atoms with Gasteiger partial charge in [0.25, 0.3) is 5.91 Å². The molecule has 0 unspecified atom stereocenters. The number of hydrogen-bond donors (Lipinski definition) is 2. The van der Waals surface area contributed by atoms with Crippen LogP contribution in [-0.4, -0.2) is 31.4 Å². The van der Waals surface area contributed by atoms with E-state index in [0.29, 0.717) is 17.8 Å². The fraction of sp³-hybridized carbons (Fsp3) is 0.308. The highest BCUT2D eigenvalue weighted by Crippen LogP contribution is 2.20. The number of nitrogens with one attached hydrogen (secondary N) is 1. The predicted octanol–water partition coefficient (Wildman–Crippen LogP) is 1.96. The minimum absolute atomic E-state index is 0.0470. The van der Waals surface area contributed by atoms with Gasteiger partial charge < -0.3 is 16.0 Å². The highest BCUT2D eigenvalue weighted by Gasteiger charge is 2.13. The quantitative estimate of drug-likeness (QED) is 0.617. The topological polar surface area (TPSA) is 58.4 Å². The van der Waals surface area contributed by atoms with E-state index in [9.17, 15) is 4.79 Å². The van der Waals surface area contributed by atoms with Crippen molar-refractivity contribution in [3.8, 4) is 0 Å². The lowest BCUT2D eigenvalue weighted by molar-refractivity contribution is 0.0828. The molecule has 1 rings (SSSR count). The monoisotopic (exact) mass is 233 g/mol. The minimum atomic E-state index is -0.0470. The number of carbonyl (C=O) groups excluding carboxylic acids is 1. The normalized spacial score (nSPS) is 9.82. The van der Waals surface area contributed by atoms with Crippen molar-refractivity contribution in [2.75, 3.05) is 31.7 Å². The Morgan fingerprint density at radius 3 is 2.65 bits per heavy atom. The third kappa shape index (κ3) is 3.52. The van der Waals surface area contributed by atoms with Crippen molar-refractivity contribution >= 4 is 17.3 Å². The Hall–Kier alpha value is -1.97. The van der Waals surface area contributed by atoms with Gasteiger partial charge in [0.05, 0.1) is 5.56 Å². The Kier molecular flexibility index (Phi) is 4.15. The van der Waals surface area contributed by atoms with Crippen LogP contribution in [-0.2, 0) is 0 Å². The molecule has 1 aromatic carbocycles. The summed E-state index contributed by atoms with van der Waals surface area (Å²) in [7, 11) is 3.45. The molecule has 1 aromatic rings. The molecule has 0 bridgehead atoms. The minimum Gasteiger partial charge on any atom is -0.399 e. The second-order valence-electron chi connectivity index (χ2n) is 4.32. The zero-order valence-corrected chi connectivity index (χ0v) is 10.6. The van der Waals surface area contributed by atoms with Gasteiger partial charge >= 0.3 is 0 Å². The number of hydrogen-bond acceptors (Lipinski definition) is 3. The van der Waals surface area contributed by atoms with Crippen LogP contribution < -0.4 is 11.1 Å². The molecule has 0 saturated carbocycles. The van der Waals surface area contributed by atoms with Crippen molar-refractivity contribution < 1.29 is 4.79 Å². The number of benzene rings is 1. The van der Waals surface area contributed by atoms with Crippen LogP contribution in [0.15, 0.2) is 30.4 Å². The van der Waals surface area contributed by atoms with Crippen LogP contribution >= 0.6 is 0 Å². The zero-order chi connectivity index (χ0) is 13.0. The summed E-state index contributed by atoms with van der Waals surface area (Å²) in [6, 6.07) is 5.22. The van der Waals surface area contributed by atoms with E-state index in [2.05, 4.69) is 11.9 Å². The van der Waals surface area contributed by atoms with E-state index in [1.54, 1.807) is 32.3 Å². The number of rotatable bonds is 4. The number of nitrogens with zero attached hydrogens (tertiary/aromatic N) is 1. The number of amides is 1. The van der Waals surface area contributed by atoms with E-state index < -0.39 is 0 Å². The molecule has 0 aromatic heterocycles. The molecule has 3 N–H and O–H groups in total. The van der Waals surface area contributed by atoms with Crippen LogP contribution in [0, 0.1) is 0 Å². The van der Waals surface area contributed by atoms with Crippen molar-refractivity contribution in [1.82, 2.24) is 4.90 Å². The second kappa shape index (κ2) is 5.39. The molecular weight excluding hydrogens is 214 g/mol. The highest BCUT2D eigenvalue weighted by atomic mass is 16.2. The average molecular weight is 233 g/mol. The predicted molar refractivity (Wildman–Crippen MR) is 72.2 cm³/mol. The third-order valence-electron chi connectivity index (χ3n) is 2.26. The zero-order valence-electron chi connectivity index (χ0n) is 10.6. The molecule has 0 heterocycles. The number of carbonyl (C=O) groups is 1. The van der Waals surface area contributed by atoms with Gasteiger partial charge in [-0.05, 0) is 25.1 Å². The summed E-state index contributed by atoms with van der Waals surface area (Å²) in [5, 5.41) is 3.16. The van der Waals surface area contributed by atoms with Crippen molar-refractivity contribution in [2.24, 2.45) is 0 Å². The maximum Gasteiger partial charge on any atom is 0.255 e. The summed E-state index contributed by atoms with van der Waals surface area (Å²) in [6.45, 7) is 6.36. The van der Waals surface area contributed by atoms with Gasteiger partial charge in [0.1, 0.15) is 0 Å². The average Bonchev–Trinajstić information content (AvgIpc) is 2.25. The van der Waals surface area contributed by atoms with Gasteiger partial charge in [-0.1, -0.05) is 12.2 Å². The lowest BCUT2D eigenvalue weighted by Gasteiger charge is -2.16. The van der Waals surface area contributed by atoms with Gasteiger partial charge in [0.2, 0.25) is 0 Å². The van der Waals surface area contributed by atoms with E-state index in [-0.39, 0.29) is 5.91 Å². The lowest BCUT2D eigenvalue weighted by Crippen LogP contribution is -2.23. The first-order chi connectivity index (χ1) is 7.91. The molecule has 1 amide bonds. The van der Waals surface area contributed by atoms with E-state index in [1.807, 2.05) is 6.92 Å². The van der Waals surface area contributed by atoms with E-state index >= 15 is 0 Å². The lowest BCUT2D eigenvalue weighted by atomic mass is 10.1. The summed E-state index contributed by atoms with van der Waals surface area (Å²) in [6.07, 6.45) is 0. The Morgan fingerprint density at radius 2 is 2.12 bits per heavy atom. The van der Waals surface area contributed by atoms with E-state index in [4.69, 9.17) is 5.73 Å². The summed E-state index contributed by atoms with van der Waals surface area (Å²) in [5.74, 6) is -0.0470. The molecule has 0 aliphatic rings. The molecule has 0 spiro atoms. The van der Waals surface area contributed by atoms with Crippen molar-refractivity contribution in [2.45, 2.75) is 6.92 Å². The molecule has 0 aliphatic carbocycles. The Labute approximate surface area is 102 Å². The maximum atomic E-state index is 11.9. The number of nitrogen functional groups attached to an aromatic ring is 1. The van der Waals surface area contributed by atoms with Gasteiger partial charge in [0.15, 0.2) is 0 Å². The standard InChI is InChI=1S/C13H19N3O/c1-9(2)8-15-12-7-10(14)5-6-11(12)13(17)16(3)4/h5-7,15H,1,8,14H2,2-4H3. The number of nitrogens with two attached hydrogens (primary N) is 1. The van der Waals surface area contributed by atoms with E-state index in [0.717, 1.165) is 11.3 Å². The highest BCUT2D eigenvalue weighted by molar-refractivity contribution is 6.00. The SMILES string of the molecule is C=C(C)CNc1cc(N)ccc1C(=O)N(C)C. The first-order valence-corrected chi connectivity index (χ1v) is 5.41. The summed E-state index contributed by atoms with van der Waals surface area (Å²) in [4.78, 5) is 13.5.